The van der Waals surface area contributed by atoms with Gasteiger partial charge in [0.2, 0.25) is 10.0 Å². The number of benzene rings is 1. The minimum absolute atomic E-state index is 0.164. The van der Waals surface area contributed by atoms with Crippen molar-refractivity contribution >= 4 is 15.7 Å². The van der Waals surface area contributed by atoms with Crippen LogP contribution in [0.1, 0.15) is 19.4 Å². The highest BCUT2D eigenvalue weighted by atomic mass is 32.2. The van der Waals surface area contributed by atoms with E-state index in [1.54, 1.807) is 12.1 Å². The van der Waals surface area contributed by atoms with Gasteiger partial charge in [0.15, 0.2) is 0 Å². The van der Waals surface area contributed by atoms with Gasteiger partial charge < -0.3 is 10.8 Å². The fourth-order valence-electron chi connectivity index (χ4n) is 1.45. The molecule has 0 bridgehead atoms. The summed E-state index contributed by atoms with van der Waals surface area (Å²) in [7, 11) is -2.22. The van der Waals surface area contributed by atoms with Crippen molar-refractivity contribution in [3.8, 4) is 5.75 Å². The molecule has 4 N–H and O–H groups in total. The topological polar surface area (TPSA) is 92.4 Å². The summed E-state index contributed by atoms with van der Waals surface area (Å²) in [5.74, 6) is -0.189. The number of phenolic OH excluding ortho intramolecular Hbond substituents is 1. The number of nitrogens with two attached hydrogens (primary N) is 1. The van der Waals surface area contributed by atoms with Crippen molar-refractivity contribution in [3.05, 3.63) is 23.8 Å². The average Bonchev–Trinajstić information content (AvgIpc) is 2.21. The van der Waals surface area contributed by atoms with Crippen molar-refractivity contribution in [2.75, 3.05) is 12.8 Å². The van der Waals surface area contributed by atoms with Crippen LogP contribution in [-0.2, 0) is 14.8 Å². The van der Waals surface area contributed by atoms with Crippen molar-refractivity contribution < 1.29 is 13.5 Å². The molecular formula is C10H16N2O3S. The fraction of sp³-hybridized carbons (Fsp3) is 0.400. The number of rotatable bonds is 3. The fourth-order valence-corrected chi connectivity index (χ4v) is 2.41. The average molecular weight is 244 g/mol. The zero-order chi connectivity index (χ0) is 12.6. The lowest BCUT2D eigenvalue weighted by Gasteiger charge is -2.25. The molecule has 1 aromatic rings. The molecule has 1 aromatic carbocycles. The number of nitrogen functional groups attached to an aromatic ring is 1. The third kappa shape index (κ3) is 1.85. The number of phenols is 1. The zero-order valence-corrected chi connectivity index (χ0v) is 10.3. The molecule has 16 heavy (non-hydrogen) atoms. The lowest BCUT2D eigenvalue weighted by Crippen LogP contribution is -2.37. The van der Waals surface area contributed by atoms with Crippen LogP contribution in [0.2, 0.25) is 0 Å². The Hall–Kier alpha value is -1.27. The van der Waals surface area contributed by atoms with Gasteiger partial charge in [-0.2, -0.15) is 0 Å². The van der Waals surface area contributed by atoms with Gasteiger partial charge in [0.05, 0.1) is 5.69 Å². The molecule has 0 fully saturated rings. The van der Waals surface area contributed by atoms with Crippen molar-refractivity contribution in [2.24, 2.45) is 0 Å². The van der Waals surface area contributed by atoms with Crippen LogP contribution in [-0.4, -0.2) is 20.6 Å². The Balaban J connectivity index is 3.45. The third-order valence-corrected chi connectivity index (χ3v) is 4.76. The van der Waals surface area contributed by atoms with Crippen LogP contribution in [0.3, 0.4) is 0 Å². The van der Waals surface area contributed by atoms with Crippen LogP contribution in [0, 0.1) is 0 Å². The molecule has 0 radical (unpaired) electrons. The number of hydrogen-bond donors (Lipinski definition) is 3. The van der Waals surface area contributed by atoms with Crippen LogP contribution in [0.25, 0.3) is 0 Å². The van der Waals surface area contributed by atoms with E-state index in [0.29, 0.717) is 0 Å². The van der Waals surface area contributed by atoms with E-state index in [1.807, 2.05) is 0 Å². The summed E-state index contributed by atoms with van der Waals surface area (Å²) >= 11 is 0. The van der Waals surface area contributed by atoms with E-state index in [-0.39, 0.29) is 17.0 Å². The Morgan fingerprint density at radius 3 is 2.44 bits per heavy atom. The largest absolute Gasteiger partial charge is 0.505 e. The number of aromatic hydroxyl groups is 1. The minimum Gasteiger partial charge on any atom is -0.505 e. The van der Waals surface area contributed by atoms with Crippen LogP contribution >= 0.6 is 0 Å². The first-order valence-electron chi connectivity index (χ1n) is 4.75. The molecule has 5 nitrogen and oxygen atoms in total. The van der Waals surface area contributed by atoms with Gasteiger partial charge in [-0.25, -0.2) is 13.1 Å². The van der Waals surface area contributed by atoms with E-state index >= 15 is 0 Å². The molecule has 0 saturated heterocycles. The summed E-state index contributed by atoms with van der Waals surface area (Å²) < 4.78 is 24.6. The summed E-state index contributed by atoms with van der Waals surface area (Å²) in [6.45, 7) is 3.01. The number of para-hydroxylation sites is 1. The third-order valence-electron chi connectivity index (χ3n) is 2.66. The molecule has 0 amide bonds. The second-order valence-corrected chi connectivity index (χ2v) is 6.40. The van der Waals surface area contributed by atoms with E-state index < -0.39 is 14.8 Å². The maximum Gasteiger partial charge on any atom is 0.220 e. The molecule has 0 aromatic heterocycles. The Morgan fingerprint density at radius 1 is 1.38 bits per heavy atom. The van der Waals surface area contributed by atoms with E-state index in [0.717, 1.165) is 0 Å². The quantitative estimate of drug-likeness (QED) is 0.540. The second kappa shape index (κ2) is 3.95. The van der Waals surface area contributed by atoms with Crippen LogP contribution in [0.15, 0.2) is 18.2 Å². The van der Waals surface area contributed by atoms with Gasteiger partial charge in [0, 0.05) is 5.56 Å². The standard InChI is InChI=1S/C10H16N2O3S/c1-10(2,16(14,15)12-3)7-5-4-6-8(11)9(7)13/h4-6,12-13H,11H2,1-3H3. The molecule has 0 aliphatic heterocycles. The van der Waals surface area contributed by atoms with Gasteiger partial charge in [-0.1, -0.05) is 12.1 Å². The second-order valence-electron chi connectivity index (χ2n) is 3.96. The molecule has 90 valence electrons. The monoisotopic (exact) mass is 244 g/mol. The maximum absolute atomic E-state index is 11.8. The Bertz CT molecular complexity index is 495. The lowest BCUT2D eigenvalue weighted by molar-refractivity contribution is 0.458. The van der Waals surface area contributed by atoms with Crippen LogP contribution in [0.5, 0.6) is 5.75 Å². The van der Waals surface area contributed by atoms with Crippen LogP contribution < -0.4 is 10.5 Å². The van der Waals surface area contributed by atoms with Crippen molar-refractivity contribution in [3.63, 3.8) is 0 Å². The smallest absolute Gasteiger partial charge is 0.220 e. The Labute approximate surface area is 95.3 Å². The molecule has 0 heterocycles. The highest BCUT2D eigenvalue weighted by Gasteiger charge is 2.37. The lowest BCUT2D eigenvalue weighted by atomic mass is 10.0. The van der Waals surface area contributed by atoms with Crippen LogP contribution in [0.4, 0.5) is 5.69 Å². The number of anilines is 1. The van der Waals surface area contributed by atoms with Gasteiger partial charge in [0.25, 0.3) is 0 Å². The van der Waals surface area contributed by atoms with E-state index in [9.17, 15) is 13.5 Å². The maximum atomic E-state index is 11.8. The summed E-state index contributed by atoms with van der Waals surface area (Å²) in [6.07, 6.45) is 0. The summed E-state index contributed by atoms with van der Waals surface area (Å²) in [4.78, 5) is 0. The summed E-state index contributed by atoms with van der Waals surface area (Å²) in [5, 5.41) is 9.77. The van der Waals surface area contributed by atoms with Crippen molar-refractivity contribution in [1.82, 2.24) is 4.72 Å². The van der Waals surface area contributed by atoms with Crippen molar-refractivity contribution in [2.45, 2.75) is 18.6 Å². The molecule has 6 heteroatoms. The SMILES string of the molecule is CNS(=O)(=O)C(C)(C)c1cccc(N)c1O. The molecule has 0 aliphatic rings. The van der Waals surface area contributed by atoms with Gasteiger partial charge in [0.1, 0.15) is 10.5 Å². The molecule has 1 rings (SSSR count). The first-order chi connectivity index (χ1) is 7.24. The van der Waals surface area contributed by atoms with E-state index in [1.165, 1.54) is 27.0 Å². The predicted molar refractivity (Wildman–Crippen MR) is 63.5 cm³/mol. The highest BCUT2D eigenvalue weighted by molar-refractivity contribution is 7.90. The number of nitrogens with one attached hydrogen (secondary N) is 1. The molecule has 0 saturated carbocycles. The molecular weight excluding hydrogens is 228 g/mol. The van der Waals surface area contributed by atoms with E-state index in [2.05, 4.69) is 4.72 Å². The van der Waals surface area contributed by atoms with Gasteiger partial charge in [-0.3, -0.25) is 0 Å². The summed E-state index contributed by atoms with van der Waals surface area (Å²) in [6, 6.07) is 4.67. The first-order valence-corrected chi connectivity index (χ1v) is 6.23. The normalized spacial score (nSPS) is 12.7. The Morgan fingerprint density at radius 2 is 1.94 bits per heavy atom. The molecule has 0 unspecified atom stereocenters. The Kier molecular flexibility index (Phi) is 3.16. The first kappa shape index (κ1) is 12.8. The highest BCUT2D eigenvalue weighted by Crippen LogP contribution is 2.37. The predicted octanol–water partition coefficient (Wildman–Crippen LogP) is 0.759. The van der Waals surface area contributed by atoms with Gasteiger partial charge >= 0.3 is 0 Å². The number of hydrogen-bond acceptors (Lipinski definition) is 4. The number of sulfonamides is 1. The molecule has 0 atom stereocenters. The molecule has 0 spiro atoms. The summed E-state index contributed by atoms with van der Waals surface area (Å²) in [5.41, 5.74) is 5.98. The van der Waals surface area contributed by atoms with Crippen molar-refractivity contribution in [1.29, 1.82) is 0 Å². The van der Waals surface area contributed by atoms with Gasteiger partial charge in [-0.15, -0.1) is 0 Å². The van der Waals surface area contributed by atoms with E-state index in [4.69, 9.17) is 5.73 Å². The van der Waals surface area contributed by atoms with Gasteiger partial charge in [-0.05, 0) is 27.0 Å². The molecule has 0 aliphatic carbocycles. The zero-order valence-electron chi connectivity index (χ0n) is 9.48. The minimum atomic E-state index is -3.56.